The fourth-order valence-corrected chi connectivity index (χ4v) is 1.80. The van der Waals surface area contributed by atoms with Crippen molar-refractivity contribution in [2.24, 2.45) is 0 Å². The lowest BCUT2D eigenvalue weighted by atomic mass is 10.0. The lowest BCUT2D eigenvalue weighted by Gasteiger charge is -2.21. The van der Waals surface area contributed by atoms with E-state index in [-0.39, 0.29) is 0 Å². The predicted molar refractivity (Wildman–Crippen MR) is 79.0 cm³/mol. The number of rotatable bonds is 4. The highest BCUT2D eigenvalue weighted by Gasteiger charge is 2.29. The van der Waals surface area contributed by atoms with E-state index in [0.29, 0.717) is 5.75 Å². The Morgan fingerprint density at radius 1 is 0.950 bits per heavy atom. The Morgan fingerprint density at radius 3 is 1.85 bits per heavy atom. The van der Waals surface area contributed by atoms with Gasteiger partial charge in [0.2, 0.25) is 0 Å². The number of aliphatic carboxylic acids is 1. The highest BCUT2D eigenvalue weighted by molar-refractivity contribution is 5.76. The molecule has 0 saturated carbocycles. The summed E-state index contributed by atoms with van der Waals surface area (Å²) in [6.45, 7) is 5.11. The minimum Gasteiger partial charge on any atom is -0.478 e. The number of aryl methyl sites for hydroxylation is 1. The van der Waals surface area contributed by atoms with Crippen molar-refractivity contribution in [2.45, 2.75) is 26.4 Å². The number of hydrogen-bond donors (Lipinski definition) is 1. The number of carbonyl (C=O) groups is 1. The Bertz CT molecular complexity index is 595. The molecular formula is C17H18O3. The van der Waals surface area contributed by atoms with E-state index in [1.165, 1.54) is 19.4 Å². The van der Waals surface area contributed by atoms with Gasteiger partial charge in [0, 0.05) is 0 Å². The summed E-state index contributed by atoms with van der Waals surface area (Å²) in [5.74, 6) is -0.437. The third kappa shape index (κ3) is 3.18. The molecule has 0 amide bonds. The van der Waals surface area contributed by atoms with Crippen LogP contribution in [0.1, 0.15) is 19.4 Å². The van der Waals surface area contributed by atoms with Gasteiger partial charge >= 0.3 is 5.97 Å². The molecule has 0 aromatic heterocycles. The second kappa shape index (κ2) is 5.37. The zero-order valence-electron chi connectivity index (χ0n) is 11.9. The van der Waals surface area contributed by atoms with Gasteiger partial charge in [0.1, 0.15) is 5.75 Å². The zero-order valence-corrected chi connectivity index (χ0v) is 11.9. The van der Waals surface area contributed by atoms with Gasteiger partial charge in [-0.15, -0.1) is 0 Å². The summed E-state index contributed by atoms with van der Waals surface area (Å²) in [7, 11) is 0. The quantitative estimate of drug-likeness (QED) is 0.916. The van der Waals surface area contributed by atoms with Crippen LogP contribution in [0.15, 0.2) is 48.5 Å². The Labute approximate surface area is 118 Å². The van der Waals surface area contributed by atoms with E-state index >= 15 is 0 Å². The van der Waals surface area contributed by atoms with Gasteiger partial charge < -0.3 is 9.84 Å². The van der Waals surface area contributed by atoms with Crippen LogP contribution < -0.4 is 4.74 Å². The summed E-state index contributed by atoms with van der Waals surface area (Å²) in [5.41, 5.74) is 2.19. The van der Waals surface area contributed by atoms with Crippen LogP contribution in [-0.4, -0.2) is 16.7 Å². The molecule has 2 aromatic rings. The van der Waals surface area contributed by atoms with E-state index in [0.717, 1.165) is 11.1 Å². The van der Waals surface area contributed by atoms with Crippen LogP contribution in [0.3, 0.4) is 0 Å². The maximum Gasteiger partial charge on any atom is 0.347 e. The Morgan fingerprint density at radius 2 is 1.40 bits per heavy atom. The molecule has 0 atom stereocenters. The maximum atomic E-state index is 11.0. The van der Waals surface area contributed by atoms with Crippen molar-refractivity contribution in [3.8, 4) is 16.9 Å². The summed E-state index contributed by atoms with van der Waals surface area (Å²) in [6, 6.07) is 15.7. The number of hydrogen-bond acceptors (Lipinski definition) is 2. The SMILES string of the molecule is Cc1ccc(-c2ccc(OC(C)(C)C(=O)O)cc2)cc1. The van der Waals surface area contributed by atoms with Crippen molar-refractivity contribution in [2.75, 3.05) is 0 Å². The Kier molecular flexibility index (Phi) is 3.79. The van der Waals surface area contributed by atoms with E-state index in [9.17, 15) is 4.79 Å². The molecule has 0 aliphatic rings. The van der Waals surface area contributed by atoms with Crippen LogP contribution in [0.2, 0.25) is 0 Å². The fourth-order valence-electron chi connectivity index (χ4n) is 1.80. The number of carboxylic acid groups (broad SMARTS) is 1. The van der Waals surface area contributed by atoms with E-state index in [1.54, 1.807) is 12.1 Å². The second-order valence-electron chi connectivity index (χ2n) is 5.31. The molecule has 0 fully saturated rings. The highest BCUT2D eigenvalue weighted by atomic mass is 16.5. The van der Waals surface area contributed by atoms with Gasteiger partial charge in [-0.1, -0.05) is 42.0 Å². The summed E-state index contributed by atoms with van der Waals surface area (Å²) in [6.07, 6.45) is 0. The molecule has 0 radical (unpaired) electrons. The molecule has 0 bridgehead atoms. The van der Waals surface area contributed by atoms with Crippen molar-refractivity contribution in [1.82, 2.24) is 0 Å². The molecule has 20 heavy (non-hydrogen) atoms. The Hall–Kier alpha value is -2.29. The van der Waals surface area contributed by atoms with Gasteiger partial charge in [0.15, 0.2) is 5.60 Å². The minimum absolute atomic E-state index is 0.549. The van der Waals surface area contributed by atoms with Crippen molar-refractivity contribution < 1.29 is 14.6 Å². The van der Waals surface area contributed by atoms with Gasteiger partial charge in [-0.25, -0.2) is 4.79 Å². The molecule has 1 N–H and O–H groups in total. The van der Waals surface area contributed by atoms with E-state index < -0.39 is 11.6 Å². The minimum atomic E-state index is -1.23. The summed E-state index contributed by atoms with van der Waals surface area (Å²) >= 11 is 0. The number of ether oxygens (including phenoxy) is 1. The first kappa shape index (κ1) is 14.1. The first-order valence-corrected chi connectivity index (χ1v) is 6.48. The van der Waals surface area contributed by atoms with Gasteiger partial charge in [0.05, 0.1) is 0 Å². The largest absolute Gasteiger partial charge is 0.478 e. The Balaban J connectivity index is 2.18. The van der Waals surface area contributed by atoms with Crippen LogP contribution in [-0.2, 0) is 4.79 Å². The molecule has 104 valence electrons. The number of benzene rings is 2. The summed E-state index contributed by atoms with van der Waals surface area (Å²) < 4.78 is 5.47. The summed E-state index contributed by atoms with van der Waals surface area (Å²) in [4.78, 5) is 11.0. The first-order valence-electron chi connectivity index (χ1n) is 6.48. The molecule has 3 heteroatoms. The second-order valence-corrected chi connectivity index (χ2v) is 5.31. The van der Waals surface area contributed by atoms with Gasteiger partial charge in [-0.3, -0.25) is 0 Å². The molecule has 0 aliphatic carbocycles. The average Bonchev–Trinajstić information content (AvgIpc) is 2.40. The van der Waals surface area contributed by atoms with Gasteiger partial charge in [0.25, 0.3) is 0 Å². The number of carboxylic acids is 1. The maximum absolute atomic E-state index is 11.0. The molecule has 0 heterocycles. The lowest BCUT2D eigenvalue weighted by molar-refractivity contribution is -0.152. The smallest absolute Gasteiger partial charge is 0.347 e. The van der Waals surface area contributed by atoms with Crippen LogP contribution in [0, 0.1) is 6.92 Å². The highest BCUT2D eigenvalue weighted by Crippen LogP contribution is 2.25. The molecule has 2 aromatic carbocycles. The monoisotopic (exact) mass is 270 g/mol. The van der Waals surface area contributed by atoms with Crippen LogP contribution in [0.4, 0.5) is 0 Å². The van der Waals surface area contributed by atoms with Crippen molar-refractivity contribution >= 4 is 5.97 Å². The lowest BCUT2D eigenvalue weighted by Crippen LogP contribution is -2.37. The van der Waals surface area contributed by atoms with Crippen LogP contribution in [0.25, 0.3) is 11.1 Å². The topological polar surface area (TPSA) is 46.5 Å². The van der Waals surface area contributed by atoms with E-state index in [2.05, 4.69) is 31.2 Å². The van der Waals surface area contributed by atoms with Crippen molar-refractivity contribution in [1.29, 1.82) is 0 Å². The molecule has 0 saturated heterocycles. The van der Waals surface area contributed by atoms with Crippen molar-refractivity contribution in [3.05, 3.63) is 54.1 Å². The normalized spacial score (nSPS) is 11.2. The molecule has 0 aliphatic heterocycles. The third-order valence-corrected chi connectivity index (χ3v) is 3.13. The molecule has 3 nitrogen and oxygen atoms in total. The van der Waals surface area contributed by atoms with E-state index in [4.69, 9.17) is 9.84 Å². The standard InChI is InChI=1S/C17H18O3/c1-12-4-6-13(7-5-12)14-8-10-15(11-9-14)20-17(2,3)16(18)19/h4-11H,1-3H3,(H,18,19). The fraction of sp³-hybridized carbons (Fsp3) is 0.235. The molecule has 2 rings (SSSR count). The molecule has 0 unspecified atom stereocenters. The first-order chi connectivity index (χ1) is 9.38. The third-order valence-electron chi connectivity index (χ3n) is 3.13. The van der Waals surface area contributed by atoms with Crippen LogP contribution >= 0.6 is 0 Å². The molecule has 0 spiro atoms. The zero-order chi connectivity index (χ0) is 14.8. The summed E-state index contributed by atoms with van der Waals surface area (Å²) in [5, 5.41) is 9.04. The van der Waals surface area contributed by atoms with Gasteiger partial charge in [-0.2, -0.15) is 0 Å². The van der Waals surface area contributed by atoms with Crippen LogP contribution in [0.5, 0.6) is 5.75 Å². The predicted octanol–water partition coefficient (Wildman–Crippen LogP) is 3.90. The van der Waals surface area contributed by atoms with Gasteiger partial charge in [-0.05, 0) is 44.0 Å². The van der Waals surface area contributed by atoms with Crippen molar-refractivity contribution in [3.63, 3.8) is 0 Å². The molecular weight excluding hydrogens is 252 g/mol. The van der Waals surface area contributed by atoms with E-state index in [1.807, 2.05) is 12.1 Å². The average molecular weight is 270 g/mol.